The standard InChI is InChI=1S/C6H12O5S/c7-1-4-6(10)5(9)3(8)2-12(4)11/h3-10H,1-2H2/t3-,4+,5-,6-,12+/m1/s1. The molecule has 0 unspecified atom stereocenters. The minimum Gasteiger partial charge on any atom is -0.395 e. The molecule has 0 bridgehead atoms. The normalized spacial score (nSPS) is 49.2. The van der Waals surface area contributed by atoms with E-state index in [1.807, 2.05) is 0 Å². The summed E-state index contributed by atoms with van der Waals surface area (Å²) in [6.07, 6.45) is -3.77. The van der Waals surface area contributed by atoms with E-state index in [-0.39, 0.29) is 5.75 Å². The maximum Gasteiger partial charge on any atom is 0.108 e. The van der Waals surface area contributed by atoms with E-state index in [9.17, 15) is 9.32 Å². The van der Waals surface area contributed by atoms with Crippen LogP contribution in [0.1, 0.15) is 0 Å². The summed E-state index contributed by atoms with van der Waals surface area (Å²) in [6, 6.07) is 0. The molecule has 1 fully saturated rings. The molecule has 12 heavy (non-hydrogen) atoms. The minimum absolute atomic E-state index is 0.0938. The van der Waals surface area contributed by atoms with Crippen LogP contribution < -0.4 is 0 Å². The first-order chi connectivity index (χ1) is 5.57. The maximum atomic E-state index is 11.1. The molecular weight excluding hydrogens is 184 g/mol. The molecule has 0 spiro atoms. The molecule has 1 aliphatic rings. The zero-order valence-corrected chi connectivity index (χ0v) is 7.15. The summed E-state index contributed by atoms with van der Waals surface area (Å²) >= 11 is 0. The SMILES string of the molecule is O=[S@]1C[C@@H](O)[C@@H](O)[C@H](O)[C@@H]1CO. The Morgan fingerprint density at radius 1 is 1.25 bits per heavy atom. The smallest absolute Gasteiger partial charge is 0.108 e. The Morgan fingerprint density at radius 3 is 2.33 bits per heavy atom. The van der Waals surface area contributed by atoms with Crippen molar-refractivity contribution >= 4 is 10.8 Å². The van der Waals surface area contributed by atoms with Gasteiger partial charge < -0.3 is 20.4 Å². The lowest BCUT2D eigenvalue weighted by Gasteiger charge is -2.33. The Bertz CT molecular complexity index is 185. The zero-order chi connectivity index (χ0) is 9.30. The fourth-order valence-corrected chi connectivity index (χ4v) is 2.60. The molecule has 0 aromatic rings. The van der Waals surface area contributed by atoms with Gasteiger partial charge in [0.15, 0.2) is 0 Å². The first-order valence-electron chi connectivity index (χ1n) is 3.60. The van der Waals surface area contributed by atoms with Crippen molar-refractivity contribution in [3.8, 4) is 0 Å². The van der Waals surface area contributed by atoms with E-state index in [0.29, 0.717) is 0 Å². The predicted octanol–water partition coefficient (Wildman–Crippen LogP) is -2.81. The van der Waals surface area contributed by atoms with Gasteiger partial charge in [-0.1, -0.05) is 0 Å². The van der Waals surface area contributed by atoms with Gasteiger partial charge in [-0.15, -0.1) is 0 Å². The third kappa shape index (κ3) is 1.67. The van der Waals surface area contributed by atoms with Crippen molar-refractivity contribution in [1.29, 1.82) is 0 Å². The first kappa shape index (κ1) is 10.1. The van der Waals surface area contributed by atoms with Gasteiger partial charge in [0.1, 0.15) is 6.10 Å². The van der Waals surface area contributed by atoms with Crippen molar-refractivity contribution in [1.82, 2.24) is 0 Å². The average Bonchev–Trinajstić information content (AvgIpc) is 2.01. The molecule has 0 radical (unpaired) electrons. The molecule has 1 aliphatic heterocycles. The third-order valence-corrected chi connectivity index (χ3v) is 3.75. The molecule has 5 atom stereocenters. The van der Waals surface area contributed by atoms with Crippen LogP contribution in [0.15, 0.2) is 0 Å². The van der Waals surface area contributed by atoms with Gasteiger partial charge in [0.2, 0.25) is 0 Å². The summed E-state index contributed by atoms with van der Waals surface area (Å²) in [5.74, 6) is -0.0938. The molecule has 0 aliphatic carbocycles. The second-order valence-corrected chi connectivity index (χ2v) is 4.52. The van der Waals surface area contributed by atoms with Crippen molar-refractivity contribution in [2.45, 2.75) is 23.6 Å². The van der Waals surface area contributed by atoms with E-state index >= 15 is 0 Å². The van der Waals surface area contributed by atoms with Gasteiger partial charge in [0.05, 0.1) is 29.8 Å². The second kappa shape index (κ2) is 3.80. The molecular formula is C6H12O5S. The van der Waals surface area contributed by atoms with Gasteiger partial charge in [-0.2, -0.15) is 0 Å². The van der Waals surface area contributed by atoms with E-state index in [4.69, 9.17) is 15.3 Å². The third-order valence-electron chi connectivity index (χ3n) is 1.98. The molecule has 72 valence electrons. The Hall–Kier alpha value is -0.0100. The highest BCUT2D eigenvalue weighted by atomic mass is 32.2. The number of aliphatic hydroxyl groups excluding tert-OH is 4. The van der Waals surface area contributed by atoms with Gasteiger partial charge in [-0.25, -0.2) is 0 Å². The summed E-state index contributed by atoms with van der Waals surface area (Å²) < 4.78 is 11.1. The van der Waals surface area contributed by atoms with Gasteiger partial charge in [0.25, 0.3) is 0 Å². The molecule has 1 heterocycles. The van der Waals surface area contributed by atoms with Crippen LogP contribution in [0.25, 0.3) is 0 Å². The monoisotopic (exact) mass is 196 g/mol. The van der Waals surface area contributed by atoms with Gasteiger partial charge in [-0.3, -0.25) is 4.21 Å². The molecule has 1 rings (SSSR count). The summed E-state index contributed by atoms with van der Waals surface area (Å²) in [6.45, 7) is -0.447. The van der Waals surface area contributed by atoms with Gasteiger partial charge in [-0.05, 0) is 0 Å². The molecule has 0 saturated carbocycles. The van der Waals surface area contributed by atoms with Crippen LogP contribution in [0, 0.1) is 0 Å². The van der Waals surface area contributed by atoms with E-state index in [1.54, 1.807) is 0 Å². The van der Waals surface area contributed by atoms with E-state index < -0.39 is 41.0 Å². The highest BCUT2D eigenvalue weighted by Crippen LogP contribution is 2.17. The number of hydrogen-bond acceptors (Lipinski definition) is 5. The topological polar surface area (TPSA) is 98.0 Å². The Labute approximate surface area is 72.1 Å². The fraction of sp³-hybridized carbons (Fsp3) is 1.00. The number of rotatable bonds is 1. The summed E-state index contributed by atoms with van der Waals surface area (Å²) in [5, 5.41) is 35.2. The zero-order valence-electron chi connectivity index (χ0n) is 6.33. The van der Waals surface area contributed by atoms with Crippen LogP contribution in [-0.4, -0.2) is 60.6 Å². The van der Waals surface area contributed by atoms with E-state index in [2.05, 4.69) is 0 Å². The molecule has 5 nitrogen and oxygen atoms in total. The molecule has 6 heteroatoms. The molecule has 4 N–H and O–H groups in total. The molecule has 0 aromatic carbocycles. The van der Waals surface area contributed by atoms with Crippen LogP contribution >= 0.6 is 0 Å². The lowest BCUT2D eigenvalue weighted by atomic mass is 10.1. The summed E-state index contributed by atoms with van der Waals surface area (Å²) in [4.78, 5) is 0. The maximum absolute atomic E-state index is 11.1. The molecule has 0 amide bonds. The van der Waals surface area contributed by atoms with Crippen LogP contribution in [-0.2, 0) is 10.8 Å². The summed E-state index contributed by atoms with van der Waals surface area (Å²) in [5.41, 5.74) is 0. The lowest BCUT2D eigenvalue weighted by Crippen LogP contribution is -2.55. The number of aliphatic hydroxyl groups is 4. The Kier molecular flexibility index (Phi) is 3.19. The number of hydrogen-bond donors (Lipinski definition) is 4. The van der Waals surface area contributed by atoms with Crippen molar-refractivity contribution in [3.63, 3.8) is 0 Å². The van der Waals surface area contributed by atoms with Crippen molar-refractivity contribution in [2.24, 2.45) is 0 Å². The second-order valence-electron chi connectivity index (χ2n) is 2.82. The van der Waals surface area contributed by atoms with Crippen molar-refractivity contribution < 1.29 is 24.6 Å². The van der Waals surface area contributed by atoms with Gasteiger partial charge >= 0.3 is 0 Å². The highest BCUT2D eigenvalue weighted by molar-refractivity contribution is 7.85. The molecule has 1 saturated heterocycles. The molecule has 0 aromatic heterocycles. The van der Waals surface area contributed by atoms with Crippen LogP contribution in [0.3, 0.4) is 0 Å². The van der Waals surface area contributed by atoms with Gasteiger partial charge in [0, 0.05) is 10.8 Å². The van der Waals surface area contributed by atoms with Crippen LogP contribution in [0.5, 0.6) is 0 Å². The highest BCUT2D eigenvalue weighted by Gasteiger charge is 2.40. The Balaban J connectivity index is 2.72. The quantitative estimate of drug-likeness (QED) is 0.363. The van der Waals surface area contributed by atoms with Crippen LogP contribution in [0.2, 0.25) is 0 Å². The largest absolute Gasteiger partial charge is 0.395 e. The minimum atomic E-state index is -1.47. The first-order valence-corrected chi connectivity index (χ1v) is 4.98. The predicted molar refractivity (Wildman–Crippen MR) is 41.9 cm³/mol. The van der Waals surface area contributed by atoms with Crippen LogP contribution in [0.4, 0.5) is 0 Å². The van der Waals surface area contributed by atoms with E-state index in [0.717, 1.165) is 0 Å². The van der Waals surface area contributed by atoms with Crippen molar-refractivity contribution in [3.05, 3.63) is 0 Å². The van der Waals surface area contributed by atoms with E-state index in [1.165, 1.54) is 0 Å². The average molecular weight is 196 g/mol. The fourth-order valence-electron chi connectivity index (χ4n) is 1.18. The summed E-state index contributed by atoms with van der Waals surface area (Å²) in [7, 11) is -1.47. The van der Waals surface area contributed by atoms with Crippen molar-refractivity contribution in [2.75, 3.05) is 12.4 Å². The lowest BCUT2D eigenvalue weighted by molar-refractivity contribution is -0.0610. The Morgan fingerprint density at radius 2 is 1.83 bits per heavy atom.